The van der Waals surface area contributed by atoms with Gasteiger partial charge in [0, 0.05) is 0 Å². The van der Waals surface area contributed by atoms with Gasteiger partial charge in [0.05, 0.1) is 23.4 Å². The third-order valence-corrected chi connectivity index (χ3v) is 3.61. The lowest BCUT2D eigenvalue weighted by Crippen LogP contribution is -1.98. The van der Waals surface area contributed by atoms with Crippen LogP contribution in [0.4, 0.5) is 5.13 Å². The van der Waals surface area contributed by atoms with E-state index in [4.69, 9.17) is 9.26 Å². The van der Waals surface area contributed by atoms with Gasteiger partial charge in [-0.1, -0.05) is 16.5 Å². The predicted octanol–water partition coefficient (Wildman–Crippen LogP) is 3.00. The predicted molar refractivity (Wildman–Crippen MR) is 77.2 cm³/mol. The molecule has 0 fully saturated rings. The van der Waals surface area contributed by atoms with Gasteiger partial charge in [-0.2, -0.15) is 4.98 Å². The average molecular weight is 290 g/mol. The Balaban J connectivity index is 1.75. The molecule has 0 saturated carbocycles. The van der Waals surface area contributed by atoms with E-state index in [2.05, 4.69) is 20.4 Å². The molecule has 104 valence electrons. The number of benzene rings is 1. The number of nitrogens with one attached hydrogen (secondary N) is 1. The first-order valence-electron chi connectivity index (χ1n) is 6.31. The lowest BCUT2D eigenvalue weighted by Gasteiger charge is -2.00. The summed E-state index contributed by atoms with van der Waals surface area (Å²) < 4.78 is 11.6. The van der Waals surface area contributed by atoms with Gasteiger partial charge in [-0.3, -0.25) is 0 Å². The molecule has 2 aromatic heterocycles. The van der Waals surface area contributed by atoms with Gasteiger partial charge in [0.15, 0.2) is 11.0 Å². The van der Waals surface area contributed by atoms with Crippen LogP contribution in [0, 0.1) is 6.92 Å². The molecule has 0 aliphatic rings. The summed E-state index contributed by atoms with van der Waals surface area (Å²) >= 11 is 1.57. The Morgan fingerprint density at radius 3 is 3.00 bits per heavy atom. The summed E-state index contributed by atoms with van der Waals surface area (Å²) in [4.78, 5) is 8.63. The van der Waals surface area contributed by atoms with Crippen molar-refractivity contribution in [2.45, 2.75) is 20.4 Å². The molecule has 0 spiro atoms. The van der Waals surface area contributed by atoms with Gasteiger partial charge in [-0.05, 0) is 32.0 Å². The fourth-order valence-electron chi connectivity index (χ4n) is 1.80. The number of nitrogens with zero attached hydrogens (tertiary/aromatic N) is 3. The normalized spacial score (nSPS) is 10.9. The average Bonchev–Trinajstić information content (AvgIpc) is 3.02. The number of aryl methyl sites for hydroxylation is 1. The van der Waals surface area contributed by atoms with Crippen molar-refractivity contribution in [1.82, 2.24) is 15.1 Å². The molecule has 2 heterocycles. The topological polar surface area (TPSA) is 73.1 Å². The van der Waals surface area contributed by atoms with Gasteiger partial charge in [0.25, 0.3) is 0 Å². The molecule has 20 heavy (non-hydrogen) atoms. The van der Waals surface area contributed by atoms with Gasteiger partial charge < -0.3 is 14.6 Å². The lowest BCUT2D eigenvalue weighted by molar-refractivity contribution is 0.341. The summed E-state index contributed by atoms with van der Waals surface area (Å²) in [5.41, 5.74) is 0.947. The third-order valence-electron chi connectivity index (χ3n) is 2.63. The Morgan fingerprint density at radius 2 is 2.25 bits per heavy atom. The van der Waals surface area contributed by atoms with Gasteiger partial charge in [-0.15, -0.1) is 0 Å². The van der Waals surface area contributed by atoms with Crippen molar-refractivity contribution in [2.24, 2.45) is 0 Å². The molecular formula is C13H14N4O2S. The van der Waals surface area contributed by atoms with E-state index >= 15 is 0 Å². The second-order valence-corrected chi connectivity index (χ2v) is 5.20. The largest absolute Gasteiger partial charge is 0.494 e. The lowest BCUT2D eigenvalue weighted by atomic mass is 10.3. The van der Waals surface area contributed by atoms with E-state index in [-0.39, 0.29) is 0 Å². The van der Waals surface area contributed by atoms with Crippen LogP contribution in [-0.4, -0.2) is 21.7 Å². The molecule has 0 saturated heterocycles. The van der Waals surface area contributed by atoms with Gasteiger partial charge in [-0.25, -0.2) is 4.98 Å². The second-order valence-electron chi connectivity index (χ2n) is 4.17. The van der Waals surface area contributed by atoms with E-state index < -0.39 is 0 Å². The summed E-state index contributed by atoms with van der Waals surface area (Å²) in [5, 5.41) is 7.75. The van der Waals surface area contributed by atoms with Crippen molar-refractivity contribution < 1.29 is 9.26 Å². The quantitative estimate of drug-likeness (QED) is 0.778. The minimum absolute atomic E-state index is 0.471. The highest BCUT2D eigenvalue weighted by molar-refractivity contribution is 7.22. The zero-order valence-electron chi connectivity index (χ0n) is 11.2. The fraction of sp³-hybridized carbons (Fsp3) is 0.308. The molecule has 0 bridgehead atoms. The van der Waals surface area contributed by atoms with Gasteiger partial charge in [0.1, 0.15) is 5.75 Å². The SMILES string of the molecule is CCOc1ccc2nc(NCc3nc(C)no3)sc2c1. The summed E-state index contributed by atoms with van der Waals surface area (Å²) in [6.45, 7) is 4.89. The molecule has 0 aliphatic carbocycles. The van der Waals surface area contributed by atoms with Crippen molar-refractivity contribution in [2.75, 3.05) is 11.9 Å². The molecule has 0 aliphatic heterocycles. The van der Waals surface area contributed by atoms with Gasteiger partial charge in [0.2, 0.25) is 5.89 Å². The minimum atomic E-state index is 0.471. The summed E-state index contributed by atoms with van der Waals surface area (Å²) in [6, 6.07) is 5.88. The highest BCUT2D eigenvalue weighted by atomic mass is 32.1. The number of hydrogen-bond acceptors (Lipinski definition) is 7. The van der Waals surface area contributed by atoms with Crippen molar-refractivity contribution in [3.05, 3.63) is 29.9 Å². The highest BCUT2D eigenvalue weighted by Gasteiger charge is 2.07. The Kier molecular flexibility index (Phi) is 3.51. The van der Waals surface area contributed by atoms with Crippen molar-refractivity contribution >= 4 is 26.7 Å². The van der Waals surface area contributed by atoms with Crippen LogP contribution < -0.4 is 10.1 Å². The number of anilines is 1. The first-order valence-corrected chi connectivity index (χ1v) is 7.12. The minimum Gasteiger partial charge on any atom is -0.494 e. The van der Waals surface area contributed by atoms with E-state index in [1.165, 1.54) is 0 Å². The molecular weight excluding hydrogens is 276 g/mol. The molecule has 0 atom stereocenters. The van der Waals surface area contributed by atoms with Crippen LogP contribution in [-0.2, 0) is 6.54 Å². The van der Waals surface area contributed by atoms with Crippen molar-refractivity contribution in [1.29, 1.82) is 0 Å². The molecule has 6 nitrogen and oxygen atoms in total. The number of thiazole rings is 1. The van der Waals surface area contributed by atoms with Crippen LogP contribution in [0.25, 0.3) is 10.2 Å². The maximum atomic E-state index is 5.48. The monoisotopic (exact) mass is 290 g/mol. The molecule has 0 amide bonds. The van der Waals surface area contributed by atoms with Crippen LogP contribution in [0.2, 0.25) is 0 Å². The summed E-state index contributed by atoms with van der Waals surface area (Å²) in [7, 11) is 0. The number of rotatable bonds is 5. The van der Waals surface area contributed by atoms with Gasteiger partial charge >= 0.3 is 0 Å². The molecule has 3 rings (SSSR count). The Morgan fingerprint density at radius 1 is 1.35 bits per heavy atom. The molecule has 1 aromatic carbocycles. The first-order chi connectivity index (χ1) is 9.74. The van der Waals surface area contributed by atoms with Crippen LogP contribution in [0.1, 0.15) is 18.6 Å². The van der Waals surface area contributed by atoms with E-state index in [1.807, 2.05) is 25.1 Å². The summed E-state index contributed by atoms with van der Waals surface area (Å²) in [5.74, 6) is 2.05. The zero-order valence-corrected chi connectivity index (χ0v) is 12.0. The fourth-order valence-corrected chi connectivity index (χ4v) is 2.69. The molecule has 0 radical (unpaired) electrons. The highest BCUT2D eigenvalue weighted by Crippen LogP contribution is 2.29. The number of aromatic nitrogens is 3. The zero-order chi connectivity index (χ0) is 13.9. The summed E-state index contributed by atoms with van der Waals surface area (Å²) in [6.07, 6.45) is 0. The Bertz CT molecular complexity index is 722. The molecule has 7 heteroatoms. The Hall–Kier alpha value is -2.15. The molecule has 1 N–H and O–H groups in total. The van der Waals surface area contributed by atoms with E-state index in [9.17, 15) is 0 Å². The number of fused-ring (bicyclic) bond motifs is 1. The van der Waals surface area contributed by atoms with E-state index in [1.54, 1.807) is 18.3 Å². The maximum Gasteiger partial charge on any atom is 0.246 e. The third kappa shape index (κ3) is 2.72. The Labute approximate surface area is 119 Å². The number of hydrogen-bond donors (Lipinski definition) is 1. The van der Waals surface area contributed by atoms with Crippen molar-refractivity contribution in [3.8, 4) is 5.75 Å². The van der Waals surface area contributed by atoms with Crippen LogP contribution >= 0.6 is 11.3 Å². The second kappa shape index (κ2) is 5.46. The van der Waals surface area contributed by atoms with Crippen molar-refractivity contribution in [3.63, 3.8) is 0 Å². The van der Waals surface area contributed by atoms with Crippen LogP contribution in [0.5, 0.6) is 5.75 Å². The maximum absolute atomic E-state index is 5.48. The molecule has 3 aromatic rings. The standard InChI is InChI=1S/C13H14N4O2S/c1-3-18-9-4-5-10-11(6-9)20-13(16-10)14-7-12-15-8(2)17-19-12/h4-6H,3,7H2,1-2H3,(H,14,16). The first kappa shape index (κ1) is 12.9. The molecule has 0 unspecified atom stereocenters. The van der Waals surface area contributed by atoms with E-state index in [0.29, 0.717) is 24.9 Å². The van der Waals surface area contributed by atoms with Crippen LogP contribution in [0.15, 0.2) is 22.7 Å². The number of ether oxygens (including phenoxy) is 1. The van der Waals surface area contributed by atoms with Crippen LogP contribution in [0.3, 0.4) is 0 Å². The van der Waals surface area contributed by atoms with E-state index in [0.717, 1.165) is 21.1 Å². The smallest absolute Gasteiger partial charge is 0.246 e.